The second-order valence-corrected chi connectivity index (χ2v) is 7.53. The van der Waals surface area contributed by atoms with Gasteiger partial charge in [0.25, 0.3) is 5.95 Å². The summed E-state index contributed by atoms with van der Waals surface area (Å²) in [6.45, 7) is 7.52. The van der Waals surface area contributed by atoms with Crippen molar-refractivity contribution in [2.75, 3.05) is 97.5 Å². The normalized spacial score (nSPS) is 17.4. The quantitative estimate of drug-likeness (QED) is 0.368. The maximum atomic E-state index is 13.1. The van der Waals surface area contributed by atoms with Gasteiger partial charge in [0, 0.05) is 45.8 Å². The Kier molecular flexibility index (Phi) is 7.62. The lowest BCUT2D eigenvalue weighted by molar-refractivity contribution is 0.122. The number of hydrogen-bond donors (Lipinski definition) is 4. The van der Waals surface area contributed by atoms with E-state index < -0.39 is 0 Å². The van der Waals surface area contributed by atoms with Crippen LogP contribution in [0.3, 0.4) is 0 Å². The molecule has 1 unspecified atom stereocenters. The zero-order valence-corrected chi connectivity index (χ0v) is 18.7. The molecule has 0 aliphatic carbocycles. The number of halogens is 1. The fraction of sp³-hybridized carbons (Fsp3) is 0.667. The second kappa shape index (κ2) is 11.0. The smallest absolute Gasteiger partial charge is 0.257 e. The van der Waals surface area contributed by atoms with Crippen molar-refractivity contribution in [2.45, 2.75) is 13.0 Å². The summed E-state index contributed by atoms with van der Waals surface area (Å²) in [4.78, 5) is 30.0. The van der Waals surface area contributed by atoms with Crippen molar-refractivity contribution >= 4 is 35.7 Å². The van der Waals surface area contributed by atoms with Crippen molar-refractivity contribution < 1.29 is 14.0 Å². The van der Waals surface area contributed by atoms with Gasteiger partial charge in [-0.3, -0.25) is 0 Å². The highest BCUT2D eigenvalue weighted by Crippen LogP contribution is 2.17. The first-order chi connectivity index (χ1) is 16.1. The third kappa shape index (κ3) is 6.13. The van der Waals surface area contributed by atoms with Crippen molar-refractivity contribution in [1.29, 1.82) is 0 Å². The van der Waals surface area contributed by atoms with Crippen LogP contribution in [0.15, 0.2) is 0 Å². The molecular formula is C18H29FN12O2. The van der Waals surface area contributed by atoms with Gasteiger partial charge < -0.3 is 35.2 Å². The van der Waals surface area contributed by atoms with Crippen LogP contribution in [0.4, 0.5) is 40.2 Å². The molecule has 2 saturated heterocycles. The lowest BCUT2D eigenvalue weighted by Crippen LogP contribution is -2.38. The number of morpholine rings is 2. The van der Waals surface area contributed by atoms with E-state index in [9.17, 15) is 4.48 Å². The molecule has 2 aromatic rings. The first-order valence-corrected chi connectivity index (χ1v) is 10.9. The van der Waals surface area contributed by atoms with Gasteiger partial charge >= 0.3 is 0 Å². The molecule has 0 saturated carbocycles. The molecule has 180 valence electrons. The number of rotatable bonds is 9. The average molecular weight is 465 g/mol. The van der Waals surface area contributed by atoms with Gasteiger partial charge in [0.2, 0.25) is 29.7 Å². The Bertz CT molecular complexity index is 910. The summed E-state index contributed by atoms with van der Waals surface area (Å²) in [7, 11) is 1.76. The fourth-order valence-corrected chi connectivity index (χ4v) is 3.35. The van der Waals surface area contributed by atoms with Crippen molar-refractivity contribution in [3.05, 3.63) is 0 Å². The highest BCUT2D eigenvalue weighted by molar-refractivity contribution is 5.45. The van der Waals surface area contributed by atoms with Crippen LogP contribution in [0, 0.1) is 0 Å². The Labute approximate surface area is 190 Å². The van der Waals surface area contributed by atoms with Crippen LogP contribution in [0.25, 0.3) is 0 Å². The van der Waals surface area contributed by atoms with Crippen LogP contribution in [0.1, 0.15) is 6.92 Å². The van der Waals surface area contributed by atoms with Crippen LogP contribution in [-0.2, 0) is 9.47 Å². The Morgan fingerprint density at radius 1 is 0.788 bits per heavy atom. The summed E-state index contributed by atoms with van der Waals surface area (Å²) in [6, 6.07) is -0.0972. The molecule has 33 heavy (non-hydrogen) atoms. The maximum Gasteiger partial charge on any atom is 0.257 e. The molecule has 15 heteroatoms. The van der Waals surface area contributed by atoms with Crippen molar-refractivity contribution in [1.82, 2.24) is 29.9 Å². The molecule has 2 aliphatic heterocycles. The molecule has 2 aliphatic rings. The van der Waals surface area contributed by atoms with Crippen LogP contribution in [-0.4, -0.2) is 102 Å². The summed E-state index contributed by atoms with van der Waals surface area (Å²) in [5.74, 6) is 2.01. The molecule has 4 rings (SSSR count). The fourth-order valence-electron chi connectivity index (χ4n) is 3.35. The number of hydrogen-bond acceptors (Lipinski definition) is 14. The third-order valence-electron chi connectivity index (χ3n) is 5.09. The van der Waals surface area contributed by atoms with Gasteiger partial charge in [-0.15, -0.1) is 4.48 Å². The Balaban J connectivity index is 1.40. The third-order valence-corrected chi connectivity index (χ3v) is 5.09. The highest BCUT2D eigenvalue weighted by atomic mass is 19.2. The number of nitrogens with zero attached hydrogens (tertiary/aromatic N) is 8. The second-order valence-electron chi connectivity index (χ2n) is 7.53. The number of aromatic nitrogens is 6. The van der Waals surface area contributed by atoms with E-state index in [1.54, 1.807) is 7.05 Å². The molecule has 2 aromatic heterocycles. The predicted octanol–water partition coefficient (Wildman–Crippen LogP) is -0.0196. The van der Waals surface area contributed by atoms with Gasteiger partial charge in [0.15, 0.2) is 0 Å². The van der Waals surface area contributed by atoms with Crippen LogP contribution < -0.4 is 31.3 Å². The molecule has 14 nitrogen and oxygen atoms in total. The Morgan fingerprint density at radius 3 is 1.88 bits per heavy atom. The van der Waals surface area contributed by atoms with E-state index in [0.29, 0.717) is 69.9 Å². The Morgan fingerprint density at radius 2 is 1.30 bits per heavy atom. The molecule has 0 aromatic carbocycles. The summed E-state index contributed by atoms with van der Waals surface area (Å²) < 4.78 is 23.8. The zero-order valence-electron chi connectivity index (χ0n) is 18.7. The van der Waals surface area contributed by atoms with Crippen molar-refractivity contribution in [2.24, 2.45) is 0 Å². The molecule has 2 fully saturated rings. The van der Waals surface area contributed by atoms with Gasteiger partial charge in [-0.05, 0) is 6.92 Å². The molecule has 0 radical (unpaired) electrons. The SMILES string of the molecule is CNc1nc(NC(C)CNc2nc(NF)nc(N3CCOCC3)n2)nc(N2CCOCC2)n1. The van der Waals surface area contributed by atoms with Crippen LogP contribution in [0.5, 0.6) is 0 Å². The molecular weight excluding hydrogens is 435 g/mol. The summed E-state index contributed by atoms with van der Waals surface area (Å²) >= 11 is 0. The topological polar surface area (TPSA) is 150 Å². The van der Waals surface area contributed by atoms with Crippen molar-refractivity contribution in [3.8, 4) is 0 Å². The first kappa shape index (κ1) is 22.8. The molecule has 0 bridgehead atoms. The van der Waals surface area contributed by atoms with Gasteiger partial charge in [0.1, 0.15) is 0 Å². The number of ether oxygens (including phenoxy) is 2. The highest BCUT2D eigenvalue weighted by Gasteiger charge is 2.19. The van der Waals surface area contributed by atoms with E-state index in [1.807, 2.05) is 11.8 Å². The minimum Gasteiger partial charge on any atom is -0.378 e. The maximum absolute atomic E-state index is 13.1. The lowest BCUT2D eigenvalue weighted by Gasteiger charge is -2.27. The average Bonchev–Trinajstić information content (AvgIpc) is 2.88. The molecule has 0 amide bonds. The van der Waals surface area contributed by atoms with Crippen molar-refractivity contribution in [3.63, 3.8) is 0 Å². The van der Waals surface area contributed by atoms with E-state index >= 15 is 0 Å². The molecule has 1 atom stereocenters. The minimum atomic E-state index is -0.152. The van der Waals surface area contributed by atoms with E-state index in [1.165, 1.54) is 5.54 Å². The van der Waals surface area contributed by atoms with E-state index in [0.717, 1.165) is 13.1 Å². The van der Waals surface area contributed by atoms with E-state index in [-0.39, 0.29) is 17.9 Å². The number of anilines is 6. The first-order valence-electron chi connectivity index (χ1n) is 10.9. The zero-order chi connectivity index (χ0) is 23.0. The Hall–Kier alpha value is -3.33. The largest absolute Gasteiger partial charge is 0.378 e. The van der Waals surface area contributed by atoms with Crippen LogP contribution >= 0.6 is 0 Å². The monoisotopic (exact) mass is 464 g/mol. The summed E-state index contributed by atoms with van der Waals surface area (Å²) in [5.41, 5.74) is 1.50. The lowest BCUT2D eigenvalue weighted by atomic mass is 10.3. The van der Waals surface area contributed by atoms with E-state index in [4.69, 9.17) is 9.47 Å². The summed E-state index contributed by atoms with van der Waals surface area (Å²) in [6.07, 6.45) is 0. The van der Waals surface area contributed by atoms with Gasteiger partial charge in [-0.2, -0.15) is 35.4 Å². The predicted molar refractivity (Wildman–Crippen MR) is 122 cm³/mol. The van der Waals surface area contributed by atoms with E-state index in [2.05, 4.69) is 50.8 Å². The minimum absolute atomic E-state index is 0.0972. The van der Waals surface area contributed by atoms with Gasteiger partial charge in [-0.25, -0.2) is 0 Å². The molecule has 4 N–H and O–H groups in total. The van der Waals surface area contributed by atoms with Gasteiger partial charge in [0.05, 0.1) is 26.4 Å². The summed E-state index contributed by atoms with van der Waals surface area (Å²) in [5, 5.41) is 9.35. The molecule has 0 spiro atoms. The standard InChI is InChI=1S/C18H29FN12O2/c1-12(22-15-23-13(20-2)25-17(27-15)30-3-7-32-8-4-30)11-21-14-24-16(29-19)28-18(26-14)31-5-9-33-10-6-31/h12H,3-11H2,1-2H3,(H2,20,22,23,25,27)(H2,21,24,26,28,29). The molecule has 4 heterocycles. The van der Waals surface area contributed by atoms with Gasteiger partial charge in [-0.1, -0.05) is 0 Å². The van der Waals surface area contributed by atoms with Crippen LogP contribution in [0.2, 0.25) is 0 Å². The number of nitrogens with one attached hydrogen (secondary N) is 4.